The van der Waals surface area contributed by atoms with E-state index in [4.69, 9.17) is 30.5 Å². The van der Waals surface area contributed by atoms with Crippen molar-refractivity contribution < 1.29 is 13.9 Å². The minimum absolute atomic E-state index is 0.199. The Balaban J connectivity index is 1.81. The quantitative estimate of drug-likeness (QED) is 0.413. The zero-order valence-electron chi connectivity index (χ0n) is 17.1. The van der Waals surface area contributed by atoms with Gasteiger partial charge in [0.25, 0.3) is 0 Å². The normalized spacial score (nSPS) is 11.1. The molecular weight excluding hydrogens is 408 g/mol. The van der Waals surface area contributed by atoms with Crippen LogP contribution in [-0.2, 0) is 12.4 Å². The third kappa shape index (κ3) is 3.52. The maximum atomic E-state index is 5.99. The maximum Gasteiger partial charge on any atom is 0.245 e. The van der Waals surface area contributed by atoms with Gasteiger partial charge in [0.05, 0.1) is 26.3 Å². The highest BCUT2D eigenvalue weighted by Crippen LogP contribution is 2.29. The van der Waals surface area contributed by atoms with Crippen molar-refractivity contribution in [2.75, 3.05) is 26.2 Å². The predicted octanol–water partition coefficient (Wildman–Crippen LogP) is 3.48. The number of rotatable bonds is 7. The van der Waals surface area contributed by atoms with E-state index in [1.54, 1.807) is 24.9 Å². The van der Waals surface area contributed by atoms with Gasteiger partial charge in [-0.25, -0.2) is 15.0 Å². The van der Waals surface area contributed by atoms with Crippen molar-refractivity contribution in [3.8, 4) is 23.1 Å². The highest BCUT2D eigenvalue weighted by Gasteiger charge is 2.21. The van der Waals surface area contributed by atoms with Crippen molar-refractivity contribution in [3.63, 3.8) is 0 Å². The van der Waals surface area contributed by atoms with Gasteiger partial charge < -0.3 is 18.8 Å². The lowest BCUT2D eigenvalue weighted by Gasteiger charge is -2.21. The molecule has 0 N–H and O–H groups in total. The van der Waals surface area contributed by atoms with Crippen LogP contribution >= 0.6 is 11.6 Å². The van der Waals surface area contributed by atoms with Crippen molar-refractivity contribution in [3.05, 3.63) is 47.6 Å². The lowest BCUT2D eigenvalue weighted by molar-refractivity contribution is 0.391. The minimum Gasteiger partial charge on any atom is -0.497 e. The molecule has 3 aromatic heterocycles. The lowest BCUT2D eigenvalue weighted by Crippen LogP contribution is -2.22. The van der Waals surface area contributed by atoms with E-state index in [1.165, 1.54) is 6.26 Å². The van der Waals surface area contributed by atoms with E-state index in [0.717, 1.165) is 22.6 Å². The van der Waals surface area contributed by atoms with E-state index in [9.17, 15) is 0 Å². The number of halogens is 1. The summed E-state index contributed by atoms with van der Waals surface area (Å²) in [5.74, 6) is 3.15. The zero-order valence-corrected chi connectivity index (χ0v) is 17.8. The molecule has 30 heavy (non-hydrogen) atoms. The van der Waals surface area contributed by atoms with Crippen molar-refractivity contribution in [2.24, 2.45) is 0 Å². The smallest absolute Gasteiger partial charge is 0.245 e. The Morgan fingerprint density at radius 2 is 2.03 bits per heavy atom. The van der Waals surface area contributed by atoms with E-state index in [-0.39, 0.29) is 5.88 Å². The SMILES string of the molecule is COc1ccc(CN(C)c2nc(-c3ncco3)c(C)c3nc(CCl)nn23)c(OC)c1. The Bertz CT molecular complexity index is 1180. The topological polar surface area (TPSA) is 90.8 Å². The Morgan fingerprint density at radius 3 is 2.70 bits per heavy atom. The molecule has 156 valence electrons. The molecule has 0 fully saturated rings. The molecule has 4 aromatic rings. The molecule has 0 saturated heterocycles. The maximum absolute atomic E-state index is 5.99. The van der Waals surface area contributed by atoms with Crippen LogP contribution in [0.1, 0.15) is 17.0 Å². The number of hydrogen-bond donors (Lipinski definition) is 0. The molecule has 10 heteroatoms. The van der Waals surface area contributed by atoms with Crippen LogP contribution in [0.2, 0.25) is 0 Å². The van der Waals surface area contributed by atoms with Gasteiger partial charge in [0.1, 0.15) is 23.5 Å². The van der Waals surface area contributed by atoms with Crippen molar-refractivity contribution in [1.82, 2.24) is 24.6 Å². The second kappa shape index (κ2) is 8.19. The average Bonchev–Trinajstić information content (AvgIpc) is 3.44. The summed E-state index contributed by atoms with van der Waals surface area (Å²) in [5.41, 5.74) is 3.02. The van der Waals surface area contributed by atoms with E-state index in [0.29, 0.717) is 35.5 Å². The Labute approximate surface area is 178 Å². The second-order valence-electron chi connectivity index (χ2n) is 6.65. The van der Waals surface area contributed by atoms with Gasteiger partial charge in [0.15, 0.2) is 11.5 Å². The second-order valence-corrected chi connectivity index (χ2v) is 6.92. The van der Waals surface area contributed by atoms with Crippen molar-refractivity contribution in [1.29, 1.82) is 0 Å². The number of alkyl halides is 1. The lowest BCUT2D eigenvalue weighted by atomic mass is 10.2. The van der Waals surface area contributed by atoms with Crippen molar-refractivity contribution in [2.45, 2.75) is 19.3 Å². The van der Waals surface area contributed by atoms with Crippen LogP contribution in [0.5, 0.6) is 11.5 Å². The summed E-state index contributed by atoms with van der Waals surface area (Å²) in [6.45, 7) is 2.42. The van der Waals surface area contributed by atoms with Crippen LogP contribution in [0.15, 0.2) is 35.1 Å². The summed E-state index contributed by atoms with van der Waals surface area (Å²) in [5, 5.41) is 4.51. The molecule has 0 radical (unpaired) electrons. The summed E-state index contributed by atoms with van der Waals surface area (Å²) in [4.78, 5) is 15.5. The molecule has 3 heterocycles. The molecule has 0 aliphatic heterocycles. The van der Waals surface area contributed by atoms with Gasteiger partial charge in [-0.3, -0.25) is 0 Å². The molecule has 1 aromatic carbocycles. The summed E-state index contributed by atoms with van der Waals surface area (Å²) >= 11 is 5.99. The summed E-state index contributed by atoms with van der Waals surface area (Å²) in [7, 11) is 5.17. The van der Waals surface area contributed by atoms with E-state index in [1.807, 2.05) is 37.1 Å². The average molecular weight is 429 g/mol. The first-order valence-corrected chi connectivity index (χ1v) is 9.73. The van der Waals surface area contributed by atoms with E-state index >= 15 is 0 Å². The number of nitrogens with zero attached hydrogens (tertiary/aromatic N) is 6. The summed E-state index contributed by atoms with van der Waals surface area (Å²) < 4.78 is 18.0. The van der Waals surface area contributed by atoms with Gasteiger partial charge in [-0.2, -0.15) is 4.52 Å². The Hall–Kier alpha value is -3.33. The van der Waals surface area contributed by atoms with E-state index < -0.39 is 0 Å². The van der Waals surface area contributed by atoms with Crippen LogP contribution in [0.25, 0.3) is 17.2 Å². The van der Waals surface area contributed by atoms with Crippen LogP contribution in [0.3, 0.4) is 0 Å². The summed E-state index contributed by atoms with van der Waals surface area (Å²) in [6.07, 6.45) is 3.10. The molecule has 0 amide bonds. The predicted molar refractivity (Wildman–Crippen MR) is 112 cm³/mol. The van der Waals surface area contributed by atoms with Gasteiger partial charge in [0.2, 0.25) is 11.8 Å². The monoisotopic (exact) mass is 428 g/mol. The number of ether oxygens (including phenoxy) is 2. The first kappa shape index (κ1) is 20.0. The first-order valence-electron chi connectivity index (χ1n) is 9.19. The molecule has 4 rings (SSSR count). The highest BCUT2D eigenvalue weighted by atomic mass is 35.5. The molecule has 0 saturated carbocycles. The fourth-order valence-electron chi connectivity index (χ4n) is 3.24. The van der Waals surface area contributed by atoms with Gasteiger partial charge in [0, 0.05) is 30.8 Å². The van der Waals surface area contributed by atoms with Gasteiger partial charge >= 0.3 is 0 Å². The largest absolute Gasteiger partial charge is 0.497 e. The molecule has 0 aliphatic rings. The van der Waals surface area contributed by atoms with E-state index in [2.05, 4.69) is 15.1 Å². The number of anilines is 1. The number of methoxy groups -OCH3 is 2. The van der Waals surface area contributed by atoms with Crippen LogP contribution in [-0.4, -0.2) is 45.8 Å². The molecular formula is C20H21ClN6O3. The number of aryl methyl sites for hydroxylation is 1. The van der Waals surface area contributed by atoms with Crippen LogP contribution < -0.4 is 14.4 Å². The van der Waals surface area contributed by atoms with Gasteiger partial charge in [-0.1, -0.05) is 0 Å². The van der Waals surface area contributed by atoms with Gasteiger partial charge in [-0.05, 0) is 19.1 Å². The number of benzene rings is 1. The number of aromatic nitrogens is 5. The van der Waals surface area contributed by atoms with Crippen LogP contribution in [0.4, 0.5) is 5.95 Å². The standard InChI is InChI=1S/C20H21ClN6O3/c1-12-17(19-22-7-8-30-19)24-20(27-18(12)23-16(10-21)25-27)26(2)11-13-5-6-14(28-3)9-15(13)29-4/h5-9H,10-11H2,1-4H3. The Morgan fingerprint density at radius 1 is 1.20 bits per heavy atom. The summed E-state index contributed by atoms with van der Waals surface area (Å²) in [6, 6.07) is 5.70. The Kier molecular flexibility index (Phi) is 5.45. The van der Waals surface area contributed by atoms with Crippen LogP contribution in [0, 0.1) is 6.92 Å². The molecule has 0 aliphatic carbocycles. The molecule has 0 atom stereocenters. The third-order valence-corrected chi connectivity index (χ3v) is 4.98. The number of fused-ring (bicyclic) bond motifs is 1. The number of oxazole rings is 1. The molecule has 0 unspecified atom stereocenters. The first-order chi connectivity index (χ1) is 14.5. The zero-order chi connectivity index (χ0) is 21.3. The fraction of sp³-hybridized carbons (Fsp3) is 0.300. The fourth-order valence-corrected chi connectivity index (χ4v) is 3.35. The van der Waals surface area contributed by atoms with Gasteiger partial charge in [-0.15, -0.1) is 16.7 Å². The van der Waals surface area contributed by atoms with Crippen molar-refractivity contribution >= 4 is 23.2 Å². The third-order valence-electron chi connectivity index (χ3n) is 4.74. The molecule has 0 spiro atoms. The molecule has 9 nitrogen and oxygen atoms in total. The highest BCUT2D eigenvalue weighted by molar-refractivity contribution is 6.16. The minimum atomic E-state index is 0.199. The number of hydrogen-bond acceptors (Lipinski definition) is 8. The molecule has 0 bridgehead atoms.